The highest BCUT2D eigenvalue weighted by atomic mass is 16.5. The van der Waals surface area contributed by atoms with Crippen LogP contribution in [-0.4, -0.2) is 37.7 Å². The molecule has 0 radical (unpaired) electrons. The summed E-state index contributed by atoms with van der Waals surface area (Å²) in [5.41, 5.74) is 0.636. The third kappa shape index (κ3) is 3.43. The molecule has 98 valence electrons. The van der Waals surface area contributed by atoms with Crippen molar-refractivity contribution in [1.82, 2.24) is 10.3 Å². The maximum absolute atomic E-state index is 11.9. The van der Waals surface area contributed by atoms with E-state index in [1.54, 1.807) is 25.4 Å². The monoisotopic (exact) mass is 249 g/mol. The summed E-state index contributed by atoms with van der Waals surface area (Å²) in [5, 5.41) is 5.84. The highest BCUT2D eigenvalue weighted by molar-refractivity contribution is 5.94. The van der Waals surface area contributed by atoms with E-state index in [0.717, 1.165) is 26.1 Å². The third-order valence-corrected chi connectivity index (χ3v) is 3.14. The normalized spacial score (nSPS) is 18.6. The van der Waals surface area contributed by atoms with Crippen LogP contribution in [0.4, 0.5) is 5.82 Å². The lowest BCUT2D eigenvalue weighted by Crippen LogP contribution is -2.26. The minimum absolute atomic E-state index is 0.0483. The molecule has 1 atom stereocenters. The van der Waals surface area contributed by atoms with E-state index >= 15 is 0 Å². The lowest BCUT2D eigenvalue weighted by atomic mass is 10.1. The lowest BCUT2D eigenvalue weighted by Gasteiger charge is -2.09. The van der Waals surface area contributed by atoms with Gasteiger partial charge in [-0.25, -0.2) is 4.98 Å². The lowest BCUT2D eigenvalue weighted by molar-refractivity contribution is 0.0950. The Morgan fingerprint density at radius 1 is 1.61 bits per heavy atom. The molecule has 1 amide bonds. The van der Waals surface area contributed by atoms with E-state index in [4.69, 9.17) is 4.74 Å². The van der Waals surface area contributed by atoms with Gasteiger partial charge in [0.05, 0.1) is 0 Å². The van der Waals surface area contributed by atoms with Gasteiger partial charge in [0.2, 0.25) is 0 Å². The quantitative estimate of drug-likeness (QED) is 0.825. The van der Waals surface area contributed by atoms with Crippen molar-refractivity contribution in [3.8, 4) is 0 Å². The molecule has 0 aliphatic carbocycles. The van der Waals surface area contributed by atoms with E-state index in [1.807, 2.05) is 0 Å². The summed E-state index contributed by atoms with van der Waals surface area (Å²) < 4.78 is 5.30. The Bertz CT molecular complexity index is 403. The van der Waals surface area contributed by atoms with Crippen molar-refractivity contribution in [2.24, 2.45) is 5.92 Å². The highest BCUT2D eigenvalue weighted by Gasteiger charge is 2.15. The van der Waals surface area contributed by atoms with Crippen molar-refractivity contribution in [2.75, 3.05) is 32.1 Å². The Labute approximate surface area is 107 Å². The first-order valence-electron chi connectivity index (χ1n) is 6.29. The Morgan fingerprint density at radius 3 is 3.22 bits per heavy atom. The van der Waals surface area contributed by atoms with Gasteiger partial charge in [-0.2, -0.15) is 0 Å². The fourth-order valence-corrected chi connectivity index (χ4v) is 2.01. The van der Waals surface area contributed by atoms with Crippen LogP contribution in [0.25, 0.3) is 0 Å². The van der Waals surface area contributed by atoms with Gasteiger partial charge >= 0.3 is 0 Å². The predicted molar refractivity (Wildman–Crippen MR) is 69.7 cm³/mol. The molecule has 1 saturated heterocycles. The molecule has 1 aromatic rings. The molecule has 5 heteroatoms. The van der Waals surface area contributed by atoms with Crippen LogP contribution in [0.2, 0.25) is 0 Å². The summed E-state index contributed by atoms with van der Waals surface area (Å²) in [7, 11) is 1.78. The summed E-state index contributed by atoms with van der Waals surface area (Å²) in [6, 6.07) is 3.46. The van der Waals surface area contributed by atoms with Crippen LogP contribution < -0.4 is 10.6 Å². The summed E-state index contributed by atoms with van der Waals surface area (Å²) in [6.45, 7) is 2.38. The first-order valence-corrected chi connectivity index (χ1v) is 6.29. The molecule has 1 fully saturated rings. The van der Waals surface area contributed by atoms with Gasteiger partial charge in [-0.3, -0.25) is 4.79 Å². The minimum Gasteiger partial charge on any atom is -0.381 e. The number of pyridine rings is 1. The van der Waals surface area contributed by atoms with Gasteiger partial charge < -0.3 is 15.4 Å². The number of amides is 1. The predicted octanol–water partition coefficient (Wildman–Crippen LogP) is 1.28. The second-order valence-electron chi connectivity index (χ2n) is 4.45. The van der Waals surface area contributed by atoms with Crippen molar-refractivity contribution in [1.29, 1.82) is 0 Å². The summed E-state index contributed by atoms with van der Waals surface area (Å²) in [4.78, 5) is 16.0. The number of hydrogen-bond acceptors (Lipinski definition) is 4. The van der Waals surface area contributed by atoms with E-state index in [9.17, 15) is 4.79 Å². The van der Waals surface area contributed by atoms with Crippen LogP contribution in [0.5, 0.6) is 0 Å². The van der Waals surface area contributed by atoms with Crippen LogP contribution in [0.1, 0.15) is 23.2 Å². The standard InChI is InChI=1S/C13H19N3O2/c1-14-12-8-11(3-6-15-12)13(17)16-5-2-10-4-7-18-9-10/h3,6,8,10H,2,4-5,7,9H2,1H3,(H,14,15)(H,16,17). The molecule has 1 unspecified atom stereocenters. The number of hydrogen-bond donors (Lipinski definition) is 2. The van der Waals surface area contributed by atoms with E-state index in [0.29, 0.717) is 23.8 Å². The molecule has 0 saturated carbocycles. The van der Waals surface area contributed by atoms with Crippen LogP contribution in [0.15, 0.2) is 18.3 Å². The zero-order valence-electron chi connectivity index (χ0n) is 10.6. The molecule has 1 aromatic heterocycles. The molecule has 1 aliphatic heterocycles. The van der Waals surface area contributed by atoms with Crippen molar-refractivity contribution in [3.05, 3.63) is 23.9 Å². The summed E-state index contributed by atoms with van der Waals surface area (Å²) in [5.74, 6) is 1.25. The van der Waals surface area contributed by atoms with Gasteiger partial charge in [0.1, 0.15) is 5.82 Å². The zero-order chi connectivity index (χ0) is 12.8. The van der Waals surface area contributed by atoms with Crippen LogP contribution in [0.3, 0.4) is 0 Å². The maximum atomic E-state index is 11.9. The number of aromatic nitrogens is 1. The van der Waals surface area contributed by atoms with E-state index in [1.165, 1.54) is 0 Å². The number of anilines is 1. The largest absolute Gasteiger partial charge is 0.381 e. The van der Waals surface area contributed by atoms with Gasteiger partial charge in [0.15, 0.2) is 0 Å². The molecule has 0 aromatic carbocycles. The van der Waals surface area contributed by atoms with Gasteiger partial charge in [0, 0.05) is 38.6 Å². The summed E-state index contributed by atoms with van der Waals surface area (Å²) in [6.07, 6.45) is 3.72. The molecule has 0 bridgehead atoms. The van der Waals surface area contributed by atoms with Crippen LogP contribution in [0, 0.1) is 5.92 Å². The first kappa shape index (κ1) is 12.8. The number of rotatable bonds is 5. The van der Waals surface area contributed by atoms with Crippen LogP contribution in [-0.2, 0) is 4.74 Å². The first-order chi connectivity index (χ1) is 8.79. The molecule has 2 N–H and O–H groups in total. The summed E-state index contributed by atoms with van der Waals surface area (Å²) >= 11 is 0. The third-order valence-electron chi connectivity index (χ3n) is 3.14. The average molecular weight is 249 g/mol. The van der Waals surface area contributed by atoms with Crippen molar-refractivity contribution in [2.45, 2.75) is 12.8 Å². The Balaban J connectivity index is 1.79. The molecule has 2 heterocycles. The van der Waals surface area contributed by atoms with Crippen molar-refractivity contribution in [3.63, 3.8) is 0 Å². The smallest absolute Gasteiger partial charge is 0.251 e. The molecular weight excluding hydrogens is 230 g/mol. The van der Waals surface area contributed by atoms with E-state index in [-0.39, 0.29) is 5.91 Å². The van der Waals surface area contributed by atoms with Crippen LogP contribution >= 0.6 is 0 Å². The minimum atomic E-state index is -0.0483. The zero-order valence-corrected chi connectivity index (χ0v) is 10.6. The molecule has 5 nitrogen and oxygen atoms in total. The maximum Gasteiger partial charge on any atom is 0.251 e. The number of nitrogens with one attached hydrogen (secondary N) is 2. The molecule has 2 rings (SSSR count). The van der Waals surface area contributed by atoms with Gasteiger partial charge in [-0.05, 0) is 30.9 Å². The topological polar surface area (TPSA) is 63.2 Å². The second kappa shape index (κ2) is 6.35. The van der Waals surface area contributed by atoms with Gasteiger partial charge in [-0.1, -0.05) is 0 Å². The Morgan fingerprint density at radius 2 is 2.50 bits per heavy atom. The number of ether oxygens (including phenoxy) is 1. The number of nitrogens with zero attached hydrogens (tertiary/aromatic N) is 1. The Kier molecular flexibility index (Phi) is 4.52. The molecular formula is C13H19N3O2. The van der Waals surface area contributed by atoms with E-state index < -0.39 is 0 Å². The number of carbonyl (C=O) groups is 1. The molecule has 18 heavy (non-hydrogen) atoms. The Hall–Kier alpha value is -1.62. The fourth-order valence-electron chi connectivity index (χ4n) is 2.01. The van der Waals surface area contributed by atoms with Gasteiger partial charge in [0.25, 0.3) is 5.91 Å². The number of carbonyl (C=O) groups excluding carboxylic acids is 1. The molecule has 0 spiro atoms. The van der Waals surface area contributed by atoms with E-state index in [2.05, 4.69) is 15.6 Å². The van der Waals surface area contributed by atoms with Crippen molar-refractivity contribution < 1.29 is 9.53 Å². The van der Waals surface area contributed by atoms with Crippen molar-refractivity contribution >= 4 is 11.7 Å². The highest BCUT2D eigenvalue weighted by Crippen LogP contribution is 2.15. The fraction of sp³-hybridized carbons (Fsp3) is 0.538. The molecule has 1 aliphatic rings. The van der Waals surface area contributed by atoms with Gasteiger partial charge in [-0.15, -0.1) is 0 Å². The average Bonchev–Trinajstić information content (AvgIpc) is 2.92. The second-order valence-corrected chi connectivity index (χ2v) is 4.45. The SMILES string of the molecule is CNc1cc(C(=O)NCCC2CCOC2)ccn1.